The average Bonchev–Trinajstić information content (AvgIpc) is 2.61. The van der Waals surface area contributed by atoms with Crippen molar-refractivity contribution in [2.45, 2.75) is 82.9 Å². The van der Waals surface area contributed by atoms with Crippen LogP contribution in [0.15, 0.2) is 24.3 Å². The quantitative estimate of drug-likeness (QED) is 0.457. The molecule has 2 fully saturated rings. The van der Waals surface area contributed by atoms with Gasteiger partial charge in [-0.05, 0) is 74.0 Å². The zero-order valence-corrected chi connectivity index (χ0v) is 16.3. The van der Waals surface area contributed by atoms with Crippen LogP contribution in [0.4, 0.5) is 22.0 Å². The van der Waals surface area contributed by atoms with Gasteiger partial charge in [-0.15, -0.1) is 13.2 Å². The number of hydrogen-bond acceptors (Lipinski definition) is 1. The molecule has 1 aromatic rings. The molecule has 2 saturated carbocycles. The van der Waals surface area contributed by atoms with Crippen LogP contribution in [-0.4, -0.2) is 12.3 Å². The van der Waals surface area contributed by atoms with E-state index in [4.69, 9.17) is 0 Å². The molecule has 2 aliphatic rings. The summed E-state index contributed by atoms with van der Waals surface area (Å²) in [6.45, 7) is 2.05. The minimum Gasteiger partial charge on any atom is -0.406 e. The summed E-state index contributed by atoms with van der Waals surface area (Å²) in [4.78, 5) is 0. The van der Waals surface area contributed by atoms with Crippen molar-refractivity contribution in [3.8, 4) is 5.75 Å². The molecule has 0 saturated heterocycles. The lowest BCUT2D eigenvalue weighted by atomic mass is 9.66. The molecular formula is C22H29F5O. The van der Waals surface area contributed by atoms with Crippen molar-refractivity contribution < 1.29 is 26.7 Å². The lowest BCUT2D eigenvalue weighted by Crippen LogP contribution is -2.41. The summed E-state index contributed by atoms with van der Waals surface area (Å²) in [5.74, 6) is -2.86. The van der Waals surface area contributed by atoms with Gasteiger partial charge in [-0.25, -0.2) is 8.78 Å². The summed E-state index contributed by atoms with van der Waals surface area (Å²) in [6.07, 6.45) is 1.89. The average molecular weight is 404 g/mol. The molecule has 6 heteroatoms. The molecule has 2 unspecified atom stereocenters. The van der Waals surface area contributed by atoms with Crippen LogP contribution in [0.25, 0.3) is 0 Å². The van der Waals surface area contributed by atoms with E-state index in [0.717, 1.165) is 50.5 Å². The Hall–Kier alpha value is -1.33. The summed E-state index contributed by atoms with van der Waals surface area (Å²) in [6, 6.07) is 5.99. The van der Waals surface area contributed by atoms with E-state index in [1.54, 1.807) is 12.1 Å². The molecule has 2 atom stereocenters. The normalized spacial score (nSPS) is 30.8. The molecule has 0 heterocycles. The maximum atomic E-state index is 14.7. The first-order chi connectivity index (χ1) is 13.2. The Kier molecular flexibility index (Phi) is 6.55. The van der Waals surface area contributed by atoms with Gasteiger partial charge in [0.2, 0.25) is 0 Å². The SMILES string of the molecule is CCCC1CCC(C2CCC(c3ccc(OC(F)(F)F)cc3)CC2)C(F)(F)C1. The smallest absolute Gasteiger partial charge is 0.406 e. The van der Waals surface area contributed by atoms with Crippen LogP contribution in [0.5, 0.6) is 5.75 Å². The monoisotopic (exact) mass is 404 g/mol. The van der Waals surface area contributed by atoms with E-state index >= 15 is 0 Å². The molecule has 2 aliphatic carbocycles. The highest BCUT2D eigenvalue weighted by molar-refractivity contribution is 5.30. The van der Waals surface area contributed by atoms with E-state index in [1.807, 2.05) is 6.92 Å². The van der Waals surface area contributed by atoms with Gasteiger partial charge in [0.15, 0.2) is 0 Å². The van der Waals surface area contributed by atoms with Crippen molar-refractivity contribution in [3.05, 3.63) is 29.8 Å². The standard InChI is InChI=1S/C22H29F5O/c1-2-3-15-4-13-20(21(23,24)14-15)18-7-5-16(6-8-18)17-9-11-19(12-10-17)28-22(25,26)27/h9-12,15-16,18,20H,2-8,13-14H2,1H3. The fourth-order valence-corrected chi connectivity index (χ4v) is 5.30. The molecule has 0 spiro atoms. The Morgan fingerprint density at radius 3 is 2.14 bits per heavy atom. The van der Waals surface area contributed by atoms with E-state index < -0.39 is 18.2 Å². The largest absolute Gasteiger partial charge is 0.573 e. The fraction of sp³-hybridized carbons (Fsp3) is 0.727. The van der Waals surface area contributed by atoms with E-state index in [1.165, 1.54) is 12.1 Å². The zero-order chi connectivity index (χ0) is 20.4. The van der Waals surface area contributed by atoms with Crippen LogP contribution in [-0.2, 0) is 0 Å². The van der Waals surface area contributed by atoms with Gasteiger partial charge in [0.25, 0.3) is 5.92 Å². The molecule has 0 aromatic heterocycles. The van der Waals surface area contributed by atoms with Crippen LogP contribution in [0.2, 0.25) is 0 Å². The van der Waals surface area contributed by atoms with E-state index in [-0.39, 0.29) is 29.9 Å². The number of halogens is 5. The first-order valence-corrected chi connectivity index (χ1v) is 10.4. The van der Waals surface area contributed by atoms with Crippen molar-refractivity contribution in [2.75, 3.05) is 0 Å². The van der Waals surface area contributed by atoms with Gasteiger partial charge in [0, 0.05) is 12.3 Å². The maximum Gasteiger partial charge on any atom is 0.573 e. The number of hydrogen-bond donors (Lipinski definition) is 0. The van der Waals surface area contributed by atoms with Crippen molar-refractivity contribution in [1.82, 2.24) is 0 Å². The van der Waals surface area contributed by atoms with Gasteiger partial charge in [0.05, 0.1) is 0 Å². The van der Waals surface area contributed by atoms with E-state index in [9.17, 15) is 22.0 Å². The topological polar surface area (TPSA) is 9.23 Å². The molecule has 1 nitrogen and oxygen atoms in total. The first kappa shape index (κ1) is 21.4. The van der Waals surface area contributed by atoms with Crippen molar-refractivity contribution in [3.63, 3.8) is 0 Å². The highest BCUT2D eigenvalue weighted by Gasteiger charge is 2.48. The molecule has 0 N–H and O–H groups in total. The van der Waals surface area contributed by atoms with Crippen LogP contribution in [0.1, 0.15) is 76.2 Å². The second-order valence-corrected chi connectivity index (χ2v) is 8.53. The minimum atomic E-state index is -4.69. The molecule has 3 rings (SSSR count). The third-order valence-corrected chi connectivity index (χ3v) is 6.61. The predicted molar refractivity (Wildman–Crippen MR) is 98.5 cm³/mol. The Morgan fingerprint density at radius 2 is 1.61 bits per heavy atom. The number of benzene rings is 1. The molecule has 158 valence electrons. The Bertz CT molecular complexity index is 617. The highest BCUT2D eigenvalue weighted by atomic mass is 19.4. The Morgan fingerprint density at radius 1 is 0.964 bits per heavy atom. The maximum absolute atomic E-state index is 14.7. The van der Waals surface area contributed by atoms with Crippen molar-refractivity contribution in [1.29, 1.82) is 0 Å². The van der Waals surface area contributed by atoms with Gasteiger partial charge in [0.1, 0.15) is 5.75 Å². The van der Waals surface area contributed by atoms with Gasteiger partial charge >= 0.3 is 6.36 Å². The van der Waals surface area contributed by atoms with Gasteiger partial charge in [-0.1, -0.05) is 31.9 Å². The van der Waals surface area contributed by atoms with Crippen LogP contribution >= 0.6 is 0 Å². The van der Waals surface area contributed by atoms with Crippen LogP contribution < -0.4 is 4.74 Å². The summed E-state index contributed by atoms with van der Waals surface area (Å²) >= 11 is 0. The third-order valence-electron chi connectivity index (χ3n) is 6.61. The molecule has 1 aromatic carbocycles. The van der Waals surface area contributed by atoms with Crippen LogP contribution in [0, 0.1) is 17.8 Å². The van der Waals surface area contributed by atoms with Gasteiger partial charge in [-0.2, -0.15) is 0 Å². The number of rotatable bonds is 5. The van der Waals surface area contributed by atoms with Crippen LogP contribution in [0.3, 0.4) is 0 Å². The number of ether oxygens (including phenoxy) is 1. The molecule has 0 aliphatic heterocycles. The summed E-state index contributed by atoms with van der Waals surface area (Å²) in [5, 5.41) is 0. The summed E-state index contributed by atoms with van der Waals surface area (Å²) in [5.41, 5.74) is 0.964. The lowest BCUT2D eigenvalue weighted by Gasteiger charge is -2.42. The van der Waals surface area contributed by atoms with Crippen molar-refractivity contribution >= 4 is 0 Å². The zero-order valence-electron chi connectivity index (χ0n) is 16.3. The summed E-state index contributed by atoms with van der Waals surface area (Å²) in [7, 11) is 0. The molecule has 0 amide bonds. The third kappa shape index (κ3) is 5.38. The lowest BCUT2D eigenvalue weighted by molar-refractivity contribution is -0.274. The summed E-state index contributed by atoms with van der Waals surface area (Å²) < 4.78 is 70.1. The van der Waals surface area contributed by atoms with E-state index in [2.05, 4.69) is 4.74 Å². The highest BCUT2D eigenvalue weighted by Crippen LogP contribution is 2.50. The van der Waals surface area contributed by atoms with Crippen molar-refractivity contribution in [2.24, 2.45) is 17.8 Å². The second kappa shape index (κ2) is 8.58. The number of alkyl halides is 5. The molecular weight excluding hydrogens is 375 g/mol. The molecule has 0 radical (unpaired) electrons. The predicted octanol–water partition coefficient (Wildman–Crippen LogP) is 7.71. The second-order valence-electron chi connectivity index (χ2n) is 8.53. The van der Waals surface area contributed by atoms with Gasteiger partial charge in [-0.3, -0.25) is 0 Å². The van der Waals surface area contributed by atoms with Gasteiger partial charge < -0.3 is 4.74 Å². The molecule has 0 bridgehead atoms. The Labute approximate surface area is 163 Å². The first-order valence-electron chi connectivity index (χ1n) is 10.4. The molecule has 28 heavy (non-hydrogen) atoms. The fourth-order valence-electron chi connectivity index (χ4n) is 5.30. The minimum absolute atomic E-state index is 0.0338. The Balaban J connectivity index is 1.54. The van der Waals surface area contributed by atoms with E-state index in [0.29, 0.717) is 6.42 Å².